The molecule has 0 aromatic heterocycles. The maximum Gasteiger partial charge on any atom is 0.329 e. The maximum atomic E-state index is 11.0. The fourth-order valence-electron chi connectivity index (χ4n) is 2.79. The Balaban J connectivity index is 1.58. The van der Waals surface area contributed by atoms with Crippen molar-refractivity contribution in [2.75, 3.05) is 33.0 Å². The molecule has 0 radical (unpaired) electrons. The summed E-state index contributed by atoms with van der Waals surface area (Å²) in [6, 6.07) is -0.581. The molecule has 0 saturated carbocycles. The van der Waals surface area contributed by atoms with Crippen LogP contribution in [0.15, 0.2) is 45.6 Å². The summed E-state index contributed by atoms with van der Waals surface area (Å²) in [6.07, 6.45) is 9.88. The van der Waals surface area contributed by atoms with Gasteiger partial charge in [0.05, 0.1) is 18.4 Å². The average Bonchev–Trinajstić information content (AvgIpc) is 3.08. The highest BCUT2D eigenvalue weighted by Crippen LogP contribution is 2.28. The first-order chi connectivity index (χ1) is 12.0. The van der Waals surface area contributed by atoms with Gasteiger partial charge in [0.1, 0.15) is 10.8 Å². The number of aliphatic carboxylic acids is 1. The highest BCUT2D eigenvalue weighted by atomic mass is 32.2. The topological polar surface area (TPSA) is 74.5 Å². The predicted octanol–water partition coefficient (Wildman–Crippen LogP) is 2.15. The van der Waals surface area contributed by atoms with Crippen LogP contribution in [-0.4, -0.2) is 71.8 Å². The van der Waals surface area contributed by atoms with Gasteiger partial charge >= 0.3 is 5.97 Å². The van der Waals surface area contributed by atoms with Gasteiger partial charge in [-0.25, -0.2) is 4.79 Å². The molecule has 2 atom stereocenters. The Bertz CT molecular complexity index is 692. The minimum absolute atomic E-state index is 0.0707. The van der Waals surface area contributed by atoms with E-state index in [0.29, 0.717) is 12.4 Å². The van der Waals surface area contributed by atoms with Gasteiger partial charge in [0, 0.05) is 12.3 Å². The normalized spacial score (nSPS) is 25.1. The van der Waals surface area contributed by atoms with Crippen molar-refractivity contribution in [3.63, 3.8) is 0 Å². The molecule has 0 unspecified atom stereocenters. The SMILES string of the molecule is CN(C)CCCOC1=CC[C@H]2N=C(C3=N[C@@H](C(=O)O)CS3)C=CC2=C1. The minimum atomic E-state index is -0.875. The minimum Gasteiger partial charge on any atom is -0.494 e. The van der Waals surface area contributed by atoms with Crippen LogP contribution in [-0.2, 0) is 9.53 Å². The maximum absolute atomic E-state index is 11.0. The quantitative estimate of drug-likeness (QED) is 0.703. The Morgan fingerprint density at radius 3 is 2.96 bits per heavy atom. The predicted molar refractivity (Wildman–Crippen MR) is 102 cm³/mol. The number of aliphatic imine (C=N–C) groups is 2. The Hall–Kier alpha value is -1.86. The van der Waals surface area contributed by atoms with Crippen LogP contribution in [0.1, 0.15) is 12.8 Å². The number of fused-ring (bicyclic) bond motifs is 1. The van der Waals surface area contributed by atoms with Crippen molar-refractivity contribution >= 4 is 28.5 Å². The van der Waals surface area contributed by atoms with E-state index in [-0.39, 0.29) is 6.04 Å². The van der Waals surface area contributed by atoms with E-state index in [1.165, 1.54) is 11.8 Å². The number of carbonyl (C=O) groups is 1. The van der Waals surface area contributed by atoms with Gasteiger partial charge in [-0.05, 0) is 50.7 Å². The van der Waals surface area contributed by atoms with Crippen LogP contribution in [0, 0.1) is 0 Å². The highest BCUT2D eigenvalue weighted by molar-refractivity contribution is 8.16. The number of rotatable bonds is 7. The van der Waals surface area contributed by atoms with Crippen LogP contribution in [0.5, 0.6) is 0 Å². The molecule has 2 aliphatic heterocycles. The molecular formula is C18H23N3O3S. The van der Waals surface area contributed by atoms with Gasteiger partial charge in [-0.1, -0.05) is 6.08 Å². The Labute approximate surface area is 152 Å². The summed E-state index contributed by atoms with van der Waals surface area (Å²) >= 11 is 1.46. The van der Waals surface area contributed by atoms with E-state index in [2.05, 4.69) is 30.1 Å². The zero-order valence-electron chi connectivity index (χ0n) is 14.5. The van der Waals surface area contributed by atoms with Crippen molar-refractivity contribution in [3.05, 3.63) is 35.6 Å². The van der Waals surface area contributed by atoms with E-state index in [0.717, 1.165) is 41.5 Å². The van der Waals surface area contributed by atoms with Crippen LogP contribution >= 0.6 is 11.8 Å². The molecule has 7 heteroatoms. The van der Waals surface area contributed by atoms with E-state index < -0.39 is 12.0 Å². The summed E-state index contributed by atoms with van der Waals surface area (Å²) < 4.78 is 5.83. The van der Waals surface area contributed by atoms with Gasteiger partial charge in [-0.3, -0.25) is 9.98 Å². The number of carboxylic acid groups (broad SMARTS) is 1. The smallest absolute Gasteiger partial charge is 0.329 e. The number of allylic oxidation sites excluding steroid dienone is 2. The molecule has 0 saturated heterocycles. The van der Waals surface area contributed by atoms with E-state index in [9.17, 15) is 4.79 Å². The molecule has 3 aliphatic rings. The molecule has 0 aromatic carbocycles. The van der Waals surface area contributed by atoms with Crippen LogP contribution in [0.3, 0.4) is 0 Å². The highest BCUT2D eigenvalue weighted by Gasteiger charge is 2.28. The van der Waals surface area contributed by atoms with Crippen molar-refractivity contribution in [1.82, 2.24) is 4.90 Å². The molecule has 0 bridgehead atoms. The zero-order chi connectivity index (χ0) is 17.8. The molecule has 2 heterocycles. The van der Waals surface area contributed by atoms with Crippen molar-refractivity contribution in [2.45, 2.75) is 24.9 Å². The fraction of sp³-hybridized carbons (Fsp3) is 0.500. The Morgan fingerprint density at radius 1 is 1.40 bits per heavy atom. The summed E-state index contributed by atoms with van der Waals surface area (Å²) in [7, 11) is 4.11. The third-order valence-electron chi connectivity index (χ3n) is 4.14. The van der Waals surface area contributed by atoms with E-state index in [1.54, 1.807) is 0 Å². The molecule has 1 N–H and O–H groups in total. The lowest BCUT2D eigenvalue weighted by Gasteiger charge is -2.23. The summed E-state index contributed by atoms with van der Waals surface area (Å²) in [6.45, 7) is 1.72. The Kier molecular flexibility index (Phi) is 5.75. The molecule has 0 fully saturated rings. The first-order valence-corrected chi connectivity index (χ1v) is 9.40. The number of ether oxygens (including phenoxy) is 1. The second kappa shape index (κ2) is 8.01. The summed E-state index contributed by atoms with van der Waals surface area (Å²) in [5.41, 5.74) is 1.92. The standard InChI is InChI=1S/C18H23N3O3S/c1-21(2)8-3-9-24-13-5-7-14-12(10-13)4-6-15(19-14)17-20-16(11-25-17)18(22)23/h4-6,10,14,16H,3,7-9,11H2,1-2H3,(H,22,23)/t14-,16-/m1/s1. The van der Waals surface area contributed by atoms with Crippen LogP contribution in [0.4, 0.5) is 0 Å². The number of hydrogen-bond donors (Lipinski definition) is 1. The Morgan fingerprint density at radius 2 is 2.24 bits per heavy atom. The van der Waals surface area contributed by atoms with Crippen molar-refractivity contribution in [3.8, 4) is 0 Å². The van der Waals surface area contributed by atoms with Gasteiger partial charge < -0.3 is 14.7 Å². The van der Waals surface area contributed by atoms with Gasteiger partial charge in [-0.2, -0.15) is 0 Å². The average molecular weight is 361 g/mol. The zero-order valence-corrected chi connectivity index (χ0v) is 15.3. The van der Waals surface area contributed by atoms with Crippen molar-refractivity contribution in [2.24, 2.45) is 9.98 Å². The summed E-state index contributed by atoms with van der Waals surface area (Å²) in [4.78, 5) is 22.2. The molecule has 0 spiro atoms. The number of carboxylic acids is 1. The summed E-state index contributed by atoms with van der Waals surface area (Å²) in [5, 5.41) is 9.79. The molecular weight excluding hydrogens is 338 g/mol. The van der Waals surface area contributed by atoms with E-state index >= 15 is 0 Å². The lowest BCUT2D eigenvalue weighted by Crippen LogP contribution is -2.21. The number of hydrogen-bond acceptors (Lipinski definition) is 6. The first kappa shape index (κ1) is 17.9. The van der Waals surface area contributed by atoms with Crippen molar-refractivity contribution < 1.29 is 14.6 Å². The third-order valence-corrected chi connectivity index (χ3v) is 5.21. The number of thioether (sulfide) groups is 1. The molecule has 0 amide bonds. The van der Waals surface area contributed by atoms with Crippen LogP contribution in [0.2, 0.25) is 0 Å². The number of nitrogens with zero attached hydrogens (tertiary/aromatic N) is 3. The molecule has 0 aromatic rings. The molecule has 3 rings (SSSR count). The van der Waals surface area contributed by atoms with Gasteiger partial charge in [0.15, 0.2) is 6.04 Å². The lowest BCUT2D eigenvalue weighted by molar-refractivity contribution is -0.137. The van der Waals surface area contributed by atoms with Gasteiger partial charge in [0.2, 0.25) is 0 Å². The monoisotopic (exact) mass is 361 g/mol. The second-order valence-corrected chi connectivity index (χ2v) is 7.46. The molecule has 25 heavy (non-hydrogen) atoms. The van der Waals surface area contributed by atoms with Crippen LogP contribution < -0.4 is 0 Å². The fourth-order valence-corrected chi connectivity index (χ4v) is 3.80. The molecule has 6 nitrogen and oxygen atoms in total. The molecule has 134 valence electrons. The van der Waals surface area contributed by atoms with E-state index in [4.69, 9.17) is 14.8 Å². The van der Waals surface area contributed by atoms with E-state index in [1.807, 2.05) is 18.2 Å². The van der Waals surface area contributed by atoms with Crippen molar-refractivity contribution in [1.29, 1.82) is 0 Å². The lowest BCUT2D eigenvalue weighted by atomic mass is 9.95. The summed E-state index contributed by atoms with van der Waals surface area (Å²) in [5.74, 6) is 0.516. The second-order valence-electron chi connectivity index (χ2n) is 6.45. The van der Waals surface area contributed by atoms with Gasteiger partial charge in [-0.15, -0.1) is 11.8 Å². The first-order valence-electron chi connectivity index (χ1n) is 8.42. The van der Waals surface area contributed by atoms with Crippen LogP contribution in [0.25, 0.3) is 0 Å². The largest absolute Gasteiger partial charge is 0.494 e. The number of dihydropyridines is 1. The van der Waals surface area contributed by atoms with Gasteiger partial charge in [0.25, 0.3) is 0 Å². The third kappa shape index (κ3) is 4.61. The molecule has 1 aliphatic carbocycles.